The van der Waals surface area contributed by atoms with Gasteiger partial charge in [0, 0.05) is 12.6 Å². The Hall–Kier alpha value is -1.62. The third-order valence-electron chi connectivity index (χ3n) is 5.94. The third-order valence-corrected chi connectivity index (χ3v) is 5.94. The molecule has 0 bridgehead atoms. The standard InChI is InChI=1S/C28H52N2O3/c1-4-6-8-9-10-11-12-13-14-15-16-17-18-19-20-22-24-29-28(33)27(25(3)31)30-26(32)23-21-7-5-2/h5,7,21,23,25,27,31H,4,6,8-20,22,24H2,1-3H3,(H,29,33)(H,30,32)/b7-5+,23-21+/t25-,27+/m1/s1. The highest BCUT2D eigenvalue weighted by atomic mass is 16.3. The summed E-state index contributed by atoms with van der Waals surface area (Å²) in [5.41, 5.74) is 0. The van der Waals surface area contributed by atoms with E-state index < -0.39 is 18.1 Å². The summed E-state index contributed by atoms with van der Waals surface area (Å²) in [7, 11) is 0. The normalized spacial score (nSPS) is 13.5. The van der Waals surface area contributed by atoms with Crippen molar-refractivity contribution in [1.82, 2.24) is 10.6 Å². The molecule has 3 N–H and O–H groups in total. The molecule has 0 saturated carbocycles. The molecule has 0 unspecified atom stereocenters. The van der Waals surface area contributed by atoms with Gasteiger partial charge in [-0.05, 0) is 20.3 Å². The molecule has 2 atom stereocenters. The molecule has 0 fully saturated rings. The predicted octanol–water partition coefficient (Wildman–Crippen LogP) is 6.36. The van der Waals surface area contributed by atoms with E-state index >= 15 is 0 Å². The van der Waals surface area contributed by atoms with Crippen molar-refractivity contribution in [3.8, 4) is 0 Å². The number of aliphatic hydroxyl groups excluding tert-OH is 1. The van der Waals surface area contributed by atoms with Crippen molar-refractivity contribution in [2.24, 2.45) is 0 Å². The number of carbonyl (C=O) groups excluding carboxylic acids is 2. The lowest BCUT2D eigenvalue weighted by molar-refractivity contribution is -0.129. The Bertz CT molecular complexity index is 529. The van der Waals surface area contributed by atoms with Gasteiger partial charge in [0.15, 0.2) is 0 Å². The highest BCUT2D eigenvalue weighted by molar-refractivity contribution is 5.93. The average molecular weight is 465 g/mol. The molecule has 0 saturated heterocycles. The van der Waals surface area contributed by atoms with Crippen LogP contribution in [0.15, 0.2) is 24.3 Å². The van der Waals surface area contributed by atoms with Crippen molar-refractivity contribution in [2.45, 2.75) is 136 Å². The lowest BCUT2D eigenvalue weighted by Gasteiger charge is -2.20. The maximum absolute atomic E-state index is 12.3. The number of allylic oxidation sites excluding steroid dienone is 3. The number of hydrogen-bond donors (Lipinski definition) is 3. The number of hydrogen-bond acceptors (Lipinski definition) is 3. The largest absolute Gasteiger partial charge is 0.391 e. The van der Waals surface area contributed by atoms with Crippen LogP contribution in [0.5, 0.6) is 0 Å². The van der Waals surface area contributed by atoms with Gasteiger partial charge in [-0.2, -0.15) is 0 Å². The lowest BCUT2D eigenvalue weighted by Crippen LogP contribution is -2.52. The summed E-state index contributed by atoms with van der Waals surface area (Å²) in [4.78, 5) is 24.1. The minimum Gasteiger partial charge on any atom is -0.391 e. The minimum atomic E-state index is -0.949. The predicted molar refractivity (Wildman–Crippen MR) is 140 cm³/mol. The van der Waals surface area contributed by atoms with Crippen LogP contribution in [-0.4, -0.2) is 35.6 Å². The Kier molecular flexibility index (Phi) is 22.4. The quantitative estimate of drug-likeness (QED) is 0.0990. The van der Waals surface area contributed by atoms with Crippen LogP contribution >= 0.6 is 0 Å². The molecule has 0 heterocycles. The van der Waals surface area contributed by atoms with Crippen LogP contribution in [0.25, 0.3) is 0 Å². The van der Waals surface area contributed by atoms with Gasteiger partial charge in [0.2, 0.25) is 11.8 Å². The minimum absolute atomic E-state index is 0.334. The SMILES string of the molecule is C/C=C/C=C/C(=O)N[C@H](C(=O)NCCCCCCCCCCCCCCCCCC)[C@@H](C)O. The van der Waals surface area contributed by atoms with Gasteiger partial charge in [0.25, 0.3) is 0 Å². The maximum Gasteiger partial charge on any atom is 0.245 e. The van der Waals surface area contributed by atoms with Crippen molar-refractivity contribution >= 4 is 11.8 Å². The monoisotopic (exact) mass is 464 g/mol. The molecule has 0 aromatic rings. The molecular weight excluding hydrogens is 412 g/mol. The fourth-order valence-corrected chi connectivity index (χ4v) is 3.86. The topological polar surface area (TPSA) is 78.4 Å². The Balaban J connectivity index is 3.61. The van der Waals surface area contributed by atoms with E-state index in [0.717, 1.165) is 12.8 Å². The number of carbonyl (C=O) groups is 2. The summed E-state index contributed by atoms with van der Waals surface area (Å²) in [6.45, 7) is 6.21. The fraction of sp³-hybridized carbons (Fsp3) is 0.786. The van der Waals surface area contributed by atoms with E-state index in [1.54, 1.807) is 18.2 Å². The molecule has 0 aromatic carbocycles. The number of aliphatic hydroxyl groups is 1. The molecule has 5 nitrogen and oxygen atoms in total. The van der Waals surface area contributed by atoms with Crippen molar-refractivity contribution < 1.29 is 14.7 Å². The zero-order valence-corrected chi connectivity index (χ0v) is 21.7. The molecule has 33 heavy (non-hydrogen) atoms. The van der Waals surface area contributed by atoms with E-state index in [1.807, 2.05) is 6.92 Å². The Labute approximate surface area is 203 Å². The first-order valence-electron chi connectivity index (χ1n) is 13.6. The molecule has 0 aliphatic carbocycles. The zero-order valence-electron chi connectivity index (χ0n) is 21.7. The average Bonchev–Trinajstić information content (AvgIpc) is 2.79. The number of amides is 2. The second-order valence-corrected chi connectivity index (χ2v) is 9.21. The van der Waals surface area contributed by atoms with Crippen LogP contribution < -0.4 is 10.6 Å². The molecule has 0 aliphatic heterocycles. The molecule has 0 radical (unpaired) electrons. The third kappa shape index (κ3) is 20.7. The van der Waals surface area contributed by atoms with Crippen LogP contribution in [0.2, 0.25) is 0 Å². The van der Waals surface area contributed by atoms with Crippen LogP contribution in [0.3, 0.4) is 0 Å². The zero-order chi connectivity index (χ0) is 24.6. The van der Waals surface area contributed by atoms with Gasteiger partial charge in [-0.3, -0.25) is 9.59 Å². The van der Waals surface area contributed by atoms with Crippen molar-refractivity contribution in [3.05, 3.63) is 24.3 Å². The van der Waals surface area contributed by atoms with Crippen LogP contribution in [0.4, 0.5) is 0 Å². The maximum atomic E-state index is 12.3. The summed E-state index contributed by atoms with van der Waals surface area (Å²) in [6.07, 6.45) is 26.6. The summed E-state index contributed by atoms with van der Waals surface area (Å²) in [6, 6.07) is -0.936. The molecule has 5 heteroatoms. The fourth-order valence-electron chi connectivity index (χ4n) is 3.86. The first-order chi connectivity index (χ1) is 16.0. The summed E-state index contributed by atoms with van der Waals surface area (Å²) >= 11 is 0. The molecule has 0 spiro atoms. The van der Waals surface area contributed by atoms with Crippen LogP contribution in [0, 0.1) is 0 Å². The van der Waals surface area contributed by atoms with E-state index in [0.29, 0.717) is 6.54 Å². The molecule has 0 aliphatic rings. The number of nitrogens with one attached hydrogen (secondary N) is 2. The first kappa shape index (κ1) is 31.4. The lowest BCUT2D eigenvalue weighted by atomic mass is 10.0. The molecule has 192 valence electrons. The Morgan fingerprint density at radius 2 is 1.21 bits per heavy atom. The highest BCUT2D eigenvalue weighted by Crippen LogP contribution is 2.13. The van der Waals surface area contributed by atoms with E-state index in [1.165, 1.54) is 103 Å². The number of unbranched alkanes of at least 4 members (excludes halogenated alkanes) is 15. The van der Waals surface area contributed by atoms with Gasteiger partial charge in [0.05, 0.1) is 6.10 Å². The van der Waals surface area contributed by atoms with Gasteiger partial charge < -0.3 is 15.7 Å². The van der Waals surface area contributed by atoms with Crippen molar-refractivity contribution in [3.63, 3.8) is 0 Å². The summed E-state index contributed by atoms with van der Waals surface area (Å²) in [5, 5.41) is 15.2. The Morgan fingerprint density at radius 1 is 0.758 bits per heavy atom. The van der Waals surface area contributed by atoms with Gasteiger partial charge >= 0.3 is 0 Å². The first-order valence-corrected chi connectivity index (χ1v) is 13.6. The van der Waals surface area contributed by atoms with Gasteiger partial charge in [-0.25, -0.2) is 0 Å². The second kappa shape index (κ2) is 23.5. The van der Waals surface area contributed by atoms with Crippen molar-refractivity contribution in [2.75, 3.05) is 6.54 Å². The molecule has 0 rings (SSSR count). The molecule has 2 amide bonds. The summed E-state index contributed by atoms with van der Waals surface area (Å²) < 4.78 is 0. The van der Waals surface area contributed by atoms with E-state index in [4.69, 9.17) is 0 Å². The van der Waals surface area contributed by atoms with Crippen LogP contribution in [-0.2, 0) is 9.59 Å². The van der Waals surface area contributed by atoms with Gasteiger partial charge in [-0.1, -0.05) is 121 Å². The molecule has 0 aromatic heterocycles. The number of rotatable bonds is 22. The van der Waals surface area contributed by atoms with Crippen LogP contribution in [0.1, 0.15) is 124 Å². The van der Waals surface area contributed by atoms with E-state index in [2.05, 4.69) is 17.6 Å². The summed E-state index contributed by atoms with van der Waals surface area (Å²) in [5.74, 6) is -0.727. The van der Waals surface area contributed by atoms with Gasteiger partial charge in [0.1, 0.15) is 6.04 Å². The molecular formula is C28H52N2O3. The van der Waals surface area contributed by atoms with E-state index in [9.17, 15) is 14.7 Å². The second-order valence-electron chi connectivity index (χ2n) is 9.21. The van der Waals surface area contributed by atoms with E-state index in [-0.39, 0.29) is 5.91 Å². The smallest absolute Gasteiger partial charge is 0.245 e. The highest BCUT2D eigenvalue weighted by Gasteiger charge is 2.24. The van der Waals surface area contributed by atoms with Crippen molar-refractivity contribution in [1.29, 1.82) is 0 Å². The van der Waals surface area contributed by atoms with Gasteiger partial charge in [-0.15, -0.1) is 0 Å². The Morgan fingerprint density at radius 3 is 1.64 bits per heavy atom.